The van der Waals surface area contributed by atoms with Crippen LogP contribution in [0.5, 0.6) is 0 Å². The van der Waals surface area contributed by atoms with E-state index in [2.05, 4.69) is 36.3 Å². The summed E-state index contributed by atoms with van der Waals surface area (Å²) >= 11 is 1.11. The molecule has 3 rings (SSSR count). The number of carbonyl (C=O) groups excluding carboxylic acids is 2. The lowest BCUT2D eigenvalue weighted by atomic mass is 9.73. The molecule has 35 heavy (non-hydrogen) atoms. The van der Waals surface area contributed by atoms with E-state index >= 15 is 0 Å². The quantitative estimate of drug-likeness (QED) is 0.334. The first-order valence-electron chi connectivity index (χ1n) is 11.6. The minimum atomic E-state index is -0.824. The summed E-state index contributed by atoms with van der Waals surface area (Å²) in [5.41, 5.74) is 12.3. The van der Waals surface area contributed by atoms with Gasteiger partial charge in [0.25, 0.3) is 5.91 Å². The Morgan fingerprint density at radius 3 is 2.37 bits per heavy atom. The molecule has 0 spiro atoms. The van der Waals surface area contributed by atoms with Crippen molar-refractivity contribution in [3.63, 3.8) is 0 Å². The Labute approximate surface area is 209 Å². The number of anilines is 1. The van der Waals surface area contributed by atoms with E-state index in [4.69, 9.17) is 11.5 Å². The SMILES string of the molecule is CC(C)(C[C@@H](NCc1ccc(C#Cc2cc(C(N)=O)c(NC(N)=O)s2)cc1)C(=O)O)C1CCCC1. The van der Waals surface area contributed by atoms with Gasteiger partial charge >= 0.3 is 12.0 Å². The van der Waals surface area contributed by atoms with Crippen molar-refractivity contribution in [2.75, 3.05) is 5.32 Å². The maximum Gasteiger partial charge on any atom is 0.320 e. The molecule has 1 saturated carbocycles. The van der Waals surface area contributed by atoms with E-state index in [0.717, 1.165) is 22.5 Å². The van der Waals surface area contributed by atoms with Crippen LogP contribution in [0.4, 0.5) is 9.80 Å². The number of nitrogens with one attached hydrogen (secondary N) is 2. The van der Waals surface area contributed by atoms with Crippen molar-refractivity contribution in [2.45, 2.75) is 58.5 Å². The fourth-order valence-corrected chi connectivity index (χ4v) is 5.49. The van der Waals surface area contributed by atoms with E-state index in [1.165, 1.54) is 31.7 Å². The minimum Gasteiger partial charge on any atom is -0.480 e. The highest BCUT2D eigenvalue weighted by Gasteiger charge is 2.35. The Bertz CT molecular complexity index is 1140. The molecule has 0 aliphatic heterocycles. The molecule has 0 radical (unpaired) electrons. The molecule has 1 heterocycles. The van der Waals surface area contributed by atoms with Gasteiger partial charge in [-0.15, -0.1) is 11.3 Å². The van der Waals surface area contributed by atoms with Crippen molar-refractivity contribution in [3.05, 3.63) is 51.9 Å². The van der Waals surface area contributed by atoms with Crippen molar-refractivity contribution < 1.29 is 19.5 Å². The van der Waals surface area contributed by atoms with Crippen molar-refractivity contribution in [2.24, 2.45) is 22.8 Å². The molecule has 186 valence electrons. The molecule has 0 saturated heterocycles. The van der Waals surface area contributed by atoms with Crippen LogP contribution in [0, 0.1) is 23.2 Å². The molecule has 9 heteroatoms. The summed E-state index contributed by atoms with van der Waals surface area (Å²) in [6.45, 7) is 4.81. The Hall–Kier alpha value is -3.35. The van der Waals surface area contributed by atoms with Gasteiger partial charge in [-0.05, 0) is 54.4 Å². The summed E-state index contributed by atoms with van der Waals surface area (Å²) in [7, 11) is 0. The third kappa shape index (κ3) is 7.31. The van der Waals surface area contributed by atoms with Crippen LogP contribution in [0.3, 0.4) is 0 Å². The van der Waals surface area contributed by atoms with Gasteiger partial charge < -0.3 is 21.9 Å². The third-order valence-corrected chi connectivity index (χ3v) is 7.53. The Morgan fingerprint density at radius 2 is 1.80 bits per heavy atom. The minimum absolute atomic E-state index is 0.0188. The van der Waals surface area contributed by atoms with Crippen LogP contribution in [0.2, 0.25) is 0 Å². The van der Waals surface area contributed by atoms with Gasteiger partial charge in [-0.25, -0.2) is 4.79 Å². The lowest BCUT2D eigenvalue weighted by Gasteiger charge is -2.34. The lowest BCUT2D eigenvalue weighted by Crippen LogP contribution is -2.41. The number of carbonyl (C=O) groups is 3. The summed E-state index contributed by atoms with van der Waals surface area (Å²) in [5, 5.41) is 15.6. The summed E-state index contributed by atoms with van der Waals surface area (Å²) < 4.78 is 0. The maximum atomic E-state index is 11.9. The Morgan fingerprint density at radius 1 is 1.14 bits per heavy atom. The fourth-order valence-electron chi connectivity index (χ4n) is 4.57. The number of hydrogen-bond donors (Lipinski definition) is 5. The highest BCUT2D eigenvalue weighted by Crippen LogP contribution is 2.42. The average Bonchev–Trinajstić information content (AvgIpc) is 3.46. The molecule has 1 aliphatic rings. The molecule has 1 aromatic carbocycles. The number of carboxylic acid groups (broad SMARTS) is 1. The number of urea groups is 1. The van der Waals surface area contributed by atoms with Crippen molar-refractivity contribution in [1.82, 2.24) is 5.32 Å². The molecule has 2 aromatic rings. The summed E-state index contributed by atoms with van der Waals surface area (Å²) in [4.78, 5) is 35.1. The normalized spacial score (nSPS) is 14.7. The predicted octanol–water partition coefficient (Wildman–Crippen LogP) is 3.89. The van der Waals surface area contributed by atoms with Gasteiger partial charge in [-0.3, -0.25) is 14.9 Å². The number of benzene rings is 1. The first-order valence-corrected chi connectivity index (χ1v) is 12.4. The second kappa shape index (κ2) is 11.4. The van der Waals surface area contributed by atoms with Gasteiger partial charge in [-0.2, -0.15) is 0 Å². The second-order valence-electron chi connectivity index (χ2n) is 9.60. The van der Waals surface area contributed by atoms with E-state index in [1.807, 2.05) is 24.3 Å². The standard InChI is InChI=1S/C26H32N4O4S/c1-26(2,18-5-3-4-6-18)14-21(24(32)33)29-15-17-9-7-16(8-10-17)11-12-19-13-20(22(27)31)23(35-19)30-25(28)34/h7-10,13,18,21,29H,3-6,14-15H2,1-2H3,(H2,27,31)(H,32,33)(H3,28,30,34)/t21-/m1/s1. The van der Waals surface area contributed by atoms with Crippen LogP contribution < -0.4 is 22.1 Å². The molecule has 0 unspecified atom stereocenters. The fraction of sp³-hybridized carbons (Fsp3) is 0.423. The van der Waals surface area contributed by atoms with Crippen molar-refractivity contribution in [1.29, 1.82) is 0 Å². The van der Waals surface area contributed by atoms with Crippen LogP contribution in [0.15, 0.2) is 30.3 Å². The average molecular weight is 497 g/mol. The molecule has 0 bridgehead atoms. The Kier molecular flexibility index (Phi) is 8.54. The van der Waals surface area contributed by atoms with E-state index in [1.54, 1.807) is 0 Å². The first kappa shape index (κ1) is 26.3. The van der Waals surface area contributed by atoms with E-state index in [-0.39, 0.29) is 16.0 Å². The smallest absolute Gasteiger partial charge is 0.320 e. The second-order valence-corrected chi connectivity index (χ2v) is 10.7. The van der Waals surface area contributed by atoms with Crippen molar-refractivity contribution in [3.8, 4) is 11.8 Å². The number of thiophene rings is 1. The highest BCUT2D eigenvalue weighted by atomic mass is 32.1. The molecule has 1 atom stereocenters. The monoisotopic (exact) mass is 496 g/mol. The number of nitrogens with two attached hydrogens (primary N) is 2. The first-order chi connectivity index (χ1) is 16.5. The van der Waals surface area contributed by atoms with Gasteiger partial charge in [0.15, 0.2) is 0 Å². The summed E-state index contributed by atoms with van der Waals surface area (Å²) in [6.07, 6.45) is 5.43. The maximum absolute atomic E-state index is 11.9. The molecule has 8 nitrogen and oxygen atoms in total. The molecular formula is C26H32N4O4S. The Balaban J connectivity index is 1.62. The topological polar surface area (TPSA) is 148 Å². The zero-order valence-corrected chi connectivity index (χ0v) is 20.8. The van der Waals surface area contributed by atoms with Gasteiger partial charge in [0.05, 0.1) is 10.4 Å². The molecule has 1 aromatic heterocycles. The van der Waals surface area contributed by atoms with Crippen LogP contribution >= 0.6 is 11.3 Å². The van der Waals surface area contributed by atoms with Crippen LogP contribution in [-0.4, -0.2) is 29.1 Å². The molecule has 1 fully saturated rings. The number of rotatable bonds is 9. The molecule has 7 N–H and O–H groups in total. The summed E-state index contributed by atoms with van der Waals surface area (Å²) in [5.74, 6) is 5.05. The van der Waals surface area contributed by atoms with E-state index in [9.17, 15) is 19.5 Å². The van der Waals surface area contributed by atoms with Crippen molar-refractivity contribution >= 4 is 34.2 Å². The molecular weight excluding hydrogens is 464 g/mol. The van der Waals surface area contributed by atoms with Gasteiger partial charge in [0, 0.05) is 12.1 Å². The number of hydrogen-bond acceptors (Lipinski definition) is 5. The van der Waals surface area contributed by atoms with Crippen LogP contribution in [-0.2, 0) is 11.3 Å². The predicted molar refractivity (Wildman–Crippen MR) is 137 cm³/mol. The lowest BCUT2D eigenvalue weighted by molar-refractivity contribution is -0.140. The van der Waals surface area contributed by atoms with Gasteiger partial charge in [-0.1, -0.05) is 50.7 Å². The number of amides is 3. The van der Waals surface area contributed by atoms with E-state index in [0.29, 0.717) is 23.8 Å². The number of aliphatic carboxylic acids is 1. The van der Waals surface area contributed by atoms with E-state index < -0.39 is 23.9 Å². The van der Waals surface area contributed by atoms with Crippen LogP contribution in [0.1, 0.15) is 72.3 Å². The highest BCUT2D eigenvalue weighted by molar-refractivity contribution is 7.17. The largest absolute Gasteiger partial charge is 0.480 e. The zero-order chi connectivity index (χ0) is 25.6. The number of carboxylic acids is 1. The van der Waals surface area contributed by atoms with Crippen LogP contribution in [0.25, 0.3) is 0 Å². The third-order valence-electron chi connectivity index (χ3n) is 6.56. The molecule has 1 aliphatic carbocycles. The summed E-state index contributed by atoms with van der Waals surface area (Å²) in [6, 6.07) is 7.64. The van der Waals surface area contributed by atoms with Gasteiger partial charge in [0.1, 0.15) is 11.0 Å². The van der Waals surface area contributed by atoms with Gasteiger partial charge in [0.2, 0.25) is 0 Å². The molecule has 3 amide bonds. The number of primary amides is 2. The zero-order valence-electron chi connectivity index (χ0n) is 20.0.